The Kier molecular flexibility index (Phi) is 4.66. The van der Waals surface area contributed by atoms with Crippen molar-refractivity contribution in [1.82, 2.24) is 0 Å². The SMILES string of the molecule is CN(C)c1ccc(CNc2ccc(C#N)c(Cl)c2)cc1F. The molecule has 2 aromatic carbocycles. The molecule has 3 nitrogen and oxygen atoms in total. The fourth-order valence-electron chi connectivity index (χ4n) is 1.94. The van der Waals surface area contributed by atoms with E-state index in [9.17, 15) is 4.39 Å². The molecule has 0 aromatic heterocycles. The maximum Gasteiger partial charge on any atom is 0.146 e. The third kappa shape index (κ3) is 3.65. The van der Waals surface area contributed by atoms with Crippen molar-refractivity contribution in [3.05, 3.63) is 58.4 Å². The van der Waals surface area contributed by atoms with Gasteiger partial charge in [0.15, 0.2) is 0 Å². The van der Waals surface area contributed by atoms with Crippen LogP contribution in [-0.2, 0) is 6.54 Å². The van der Waals surface area contributed by atoms with Gasteiger partial charge in [0.2, 0.25) is 0 Å². The van der Waals surface area contributed by atoms with Crippen molar-refractivity contribution in [2.45, 2.75) is 6.54 Å². The van der Waals surface area contributed by atoms with Gasteiger partial charge in [-0.2, -0.15) is 5.26 Å². The van der Waals surface area contributed by atoms with E-state index in [0.717, 1.165) is 11.3 Å². The minimum absolute atomic E-state index is 0.253. The predicted molar refractivity (Wildman–Crippen MR) is 84.2 cm³/mol. The Bertz CT molecular complexity index is 692. The number of nitrogens with zero attached hydrogens (tertiary/aromatic N) is 2. The van der Waals surface area contributed by atoms with Gasteiger partial charge in [0.1, 0.15) is 11.9 Å². The molecule has 0 fully saturated rings. The molecule has 1 N–H and O–H groups in total. The summed E-state index contributed by atoms with van der Waals surface area (Å²) in [7, 11) is 3.60. The number of nitriles is 1. The Balaban J connectivity index is 2.08. The van der Waals surface area contributed by atoms with Crippen LogP contribution in [0.3, 0.4) is 0 Å². The van der Waals surface area contributed by atoms with Crippen molar-refractivity contribution >= 4 is 23.0 Å². The van der Waals surface area contributed by atoms with Gasteiger partial charge in [0.05, 0.1) is 16.3 Å². The third-order valence-corrected chi connectivity index (χ3v) is 3.39. The molecule has 0 amide bonds. The number of nitrogens with one attached hydrogen (secondary N) is 1. The lowest BCUT2D eigenvalue weighted by molar-refractivity contribution is 0.624. The van der Waals surface area contributed by atoms with Crippen molar-refractivity contribution in [2.24, 2.45) is 0 Å². The Hall–Kier alpha value is -2.25. The molecule has 21 heavy (non-hydrogen) atoms. The van der Waals surface area contributed by atoms with Gasteiger partial charge >= 0.3 is 0 Å². The van der Waals surface area contributed by atoms with Crippen molar-refractivity contribution in [3.63, 3.8) is 0 Å². The highest BCUT2D eigenvalue weighted by atomic mass is 35.5. The average molecular weight is 304 g/mol. The van der Waals surface area contributed by atoms with Gasteiger partial charge in [0, 0.05) is 26.3 Å². The predicted octanol–water partition coefficient (Wildman–Crippen LogP) is 4.03. The van der Waals surface area contributed by atoms with Crippen molar-refractivity contribution in [2.75, 3.05) is 24.3 Å². The summed E-state index contributed by atoms with van der Waals surface area (Å²) in [5.41, 5.74) is 2.61. The van der Waals surface area contributed by atoms with Gasteiger partial charge in [-0.3, -0.25) is 0 Å². The van der Waals surface area contributed by atoms with E-state index in [0.29, 0.717) is 22.8 Å². The molecule has 0 aliphatic carbocycles. The lowest BCUT2D eigenvalue weighted by atomic mass is 10.1. The largest absolute Gasteiger partial charge is 0.381 e. The molecule has 0 aliphatic heterocycles. The van der Waals surface area contributed by atoms with Gasteiger partial charge < -0.3 is 10.2 Å². The first-order valence-corrected chi connectivity index (χ1v) is 6.78. The van der Waals surface area contributed by atoms with E-state index in [1.165, 1.54) is 6.07 Å². The van der Waals surface area contributed by atoms with Crippen LogP contribution < -0.4 is 10.2 Å². The minimum atomic E-state index is -0.253. The second kappa shape index (κ2) is 6.47. The summed E-state index contributed by atoms with van der Waals surface area (Å²) in [5.74, 6) is -0.253. The fourth-order valence-corrected chi connectivity index (χ4v) is 2.17. The Morgan fingerprint density at radius 3 is 2.57 bits per heavy atom. The van der Waals surface area contributed by atoms with Gasteiger partial charge in [-0.1, -0.05) is 17.7 Å². The molecule has 0 saturated carbocycles. The van der Waals surface area contributed by atoms with E-state index in [1.807, 2.05) is 12.1 Å². The number of hydrogen-bond donors (Lipinski definition) is 1. The van der Waals surface area contributed by atoms with Gasteiger partial charge in [-0.05, 0) is 35.9 Å². The van der Waals surface area contributed by atoms with Crippen LogP contribution in [-0.4, -0.2) is 14.1 Å². The summed E-state index contributed by atoms with van der Waals surface area (Å²) < 4.78 is 13.9. The molecule has 0 saturated heterocycles. The average Bonchev–Trinajstić information content (AvgIpc) is 2.45. The molecule has 2 rings (SSSR count). The van der Waals surface area contributed by atoms with E-state index < -0.39 is 0 Å². The van der Waals surface area contributed by atoms with Crippen LogP contribution in [0.2, 0.25) is 5.02 Å². The highest BCUT2D eigenvalue weighted by Crippen LogP contribution is 2.22. The maximum atomic E-state index is 13.9. The molecule has 2 aromatic rings. The van der Waals surface area contributed by atoms with Gasteiger partial charge in [-0.15, -0.1) is 0 Å². The van der Waals surface area contributed by atoms with E-state index >= 15 is 0 Å². The normalized spacial score (nSPS) is 10.0. The molecule has 0 aliphatic rings. The highest BCUT2D eigenvalue weighted by molar-refractivity contribution is 6.32. The number of anilines is 2. The van der Waals surface area contributed by atoms with Crippen LogP contribution in [0.25, 0.3) is 0 Å². The molecule has 0 unspecified atom stereocenters. The first-order chi connectivity index (χ1) is 10.0. The number of rotatable bonds is 4. The zero-order valence-electron chi connectivity index (χ0n) is 11.8. The molecule has 0 heterocycles. The van der Waals surface area contributed by atoms with E-state index in [1.54, 1.807) is 43.3 Å². The van der Waals surface area contributed by atoms with E-state index in [4.69, 9.17) is 16.9 Å². The molecule has 5 heteroatoms. The summed E-state index contributed by atoms with van der Waals surface area (Å²) in [6.45, 7) is 0.479. The second-order valence-electron chi connectivity index (χ2n) is 4.84. The van der Waals surface area contributed by atoms with Crippen LogP contribution in [0.4, 0.5) is 15.8 Å². The van der Waals surface area contributed by atoms with Gasteiger partial charge in [0.25, 0.3) is 0 Å². The first kappa shape index (κ1) is 15.1. The van der Waals surface area contributed by atoms with Crippen LogP contribution in [0.15, 0.2) is 36.4 Å². The quantitative estimate of drug-likeness (QED) is 0.927. The van der Waals surface area contributed by atoms with Crippen molar-refractivity contribution in [3.8, 4) is 6.07 Å². The van der Waals surface area contributed by atoms with Crippen LogP contribution in [0, 0.1) is 17.1 Å². The lowest BCUT2D eigenvalue weighted by Gasteiger charge is -2.14. The molecule has 0 atom stereocenters. The van der Waals surface area contributed by atoms with Crippen molar-refractivity contribution < 1.29 is 4.39 Å². The Labute approximate surface area is 128 Å². The second-order valence-corrected chi connectivity index (χ2v) is 5.25. The number of benzene rings is 2. The minimum Gasteiger partial charge on any atom is -0.381 e. The molecular formula is C16H15ClFN3. The monoisotopic (exact) mass is 303 g/mol. The van der Waals surface area contributed by atoms with Gasteiger partial charge in [-0.25, -0.2) is 4.39 Å². The zero-order valence-corrected chi connectivity index (χ0v) is 12.6. The van der Waals surface area contributed by atoms with E-state index in [-0.39, 0.29) is 5.82 Å². The Morgan fingerprint density at radius 2 is 2.00 bits per heavy atom. The summed E-state index contributed by atoms with van der Waals surface area (Å²) in [6.07, 6.45) is 0. The standard InChI is InChI=1S/C16H15ClFN3/c1-21(2)16-6-3-11(7-15(16)18)10-20-13-5-4-12(9-19)14(17)8-13/h3-8,20H,10H2,1-2H3. The number of hydrogen-bond acceptors (Lipinski definition) is 3. The fraction of sp³-hybridized carbons (Fsp3) is 0.188. The first-order valence-electron chi connectivity index (χ1n) is 6.40. The molecule has 0 spiro atoms. The smallest absolute Gasteiger partial charge is 0.146 e. The number of halogens is 2. The zero-order chi connectivity index (χ0) is 15.4. The maximum absolute atomic E-state index is 13.9. The van der Waals surface area contributed by atoms with Crippen LogP contribution in [0.1, 0.15) is 11.1 Å². The van der Waals surface area contributed by atoms with Crippen LogP contribution in [0.5, 0.6) is 0 Å². The highest BCUT2D eigenvalue weighted by Gasteiger charge is 2.06. The summed E-state index contributed by atoms with van der Waals surface area (Å²) in [5, 5.41) is 12.4. The topological polar surface area (TPSA) is 39.1 Å². The van der Waals surface area contributed by atoms with E-state index in [2.05, 4.69) is 5.32 Å². The lowest BCUT2D eigenvalue weighted by Crippen LogP contribution is -2.11. The molecule has 108 valence electrons. The van der Waals surface area contributed by atoms with Crippen LogP contribution >= 0.6 is 11.6 Å². The molecule has 0 radical (unpaired) electrons. The molecular weight excluding hydrogens is 289 g/mol. The summed E-state index contributed by atoms with van der Waals surface area (Å²) >= 11 is 5.96. The summed E-state index contributed by atoms with van der Waals surface area (Å²) in [6, 6.07) is 12.2. The third-order valence-electron chi connectivity index (χ3n) is 3.08. The molecule has 0 bridgehead atoms. The Morgan fingerprint density at radius 1 is 1.24 bits per heavy atom. The summed E-state index contributed by atoms with van der Waals surface area (Å²) in [4.78, 5) is 1.73. The van der Waals surface area contributed by atoms with Crippen molar-refractivity contribution in [1.29, 1.82) is 5.26 Å².